The van der Waals surface area contributed by atoms with Crippen molar-refractivity contribution in [3.8, 4) is 0 Å². The quantitative estimate of drug-likeness (QED) is 0.683. The van der Waals surface area contributed by atoms with Crippen LogP contribution < -0.4 is 16.4 Å². The van der Waals surface area contributed by atoms with E-state index in [4.69, 9.17) is 5.73 Å². The lowest BCUT2D eigenvalue weighted by Crippen LogP contribution is -2.52. The van der Waals surface area contributed by atoms with Crippen LogP contribution >= 0.6 is 12.4 Å². The number of amides is 2. The summed E-state index contributed by atoms with van der Waals surface area (Å²) in [6, 6.07) is 6.42. The standard InChI is InChI=1S/C17H23N3O4.ClH/c1-24-14(21)11-19-15(22)12-5-7-13(8-6-12)20-16(23)17(18)9-3-2-4-10-17;/h5-8H,2-4,9-11,18H2,1H3,(H,19,22)(H,20,23);1H. The van der Waals surface area contributed by atoms with Gasteiger partial charge in [-0.15, -0.1) is 12.4 Å². The highest BCUT2D eigenvalue weighted by Crippen LogP contribution is 2.27. The summed E-state index contributed by atoms with van der Waals surface area (Å²) < 4.78 is 4.45. The van der Waals surface area contributed by atoms with Gasteiger partial charge in [0.15, 0.2) is 0 Å². The number of ether oxygens (including phenoxy) is 1. The Labute approximate surface area is 153 Å². The van der Waals surface area contributed by atoms with Gasteiger partial charge in [-0.2, -0.15) is 0 Å². The van der Waals surface area contributed by atoms with E-state index < -0.39 is 11.5 Å². The second kappa shape index (κ2) is 9.39. The van der Waals surface area contributed by atoms with Crippen LogP contribution in [-0.4, -0.2) is 37.0 Å². The molecule has 7 nitrogen and oxygen atoms in total. The first kappa shape index (κ1) is 20.9. The van der Waals surface area contributed by atoms with Crippen molar-refractivity contribution >= 4 is 35.9 Å². The van der Waals surface area contributed by atoms with E-state index in [0.717, 1.165) is 19.3 Å². The van der Waals surface area contributed by atoms with E-state index in [0.29, 0.717) is 24.1 Å². The molecule has 0 bridgehead atoms. The maximum atomic E-state index is 12.4. The number of rotatable bonds is 5. The Balaban J connectivity index is 0.00000312. The van der Waals surface area contributed by atoms with Crippen LogP contribution in [0.1, 0.15) is 42.5 Å². The second-order valence-electron chi connectivity index (χ2n) is 6.01. The fourth-order valence-corrected chi connectivity index (χ4v) is 2.70. The lowest BCUT2D eigenvalue weighted by Gasteiger charge is -2.31. The van der Waals surface area contributed by atoms with E-state index >= 15 is 0 Å². The maximum Gasteiger partial charge on any atom is 0.325 e. The van der Waals surface area contributed by atoms with Crippen LogP contribution in [-0.2, 0) is 14.3 Å². The Morgan fingerprint density at radius 2 is 1.72 bits per heavy atom. The molecule has 0 unspecified atom stereocenters. The van der Waals surface area contributed by atoms with Crippen LogP contribution in [0.25, 0.3) is 0 Å². The van der Waals surface area contributed by atoms with Crippen LogP contribution in [0.4, 0.5) is 5.69 Å². The van der Waals surface area contributed by atoms with E-state index in [2.05, 4.69) is 15.4 Å². The highest BCUT2D eigenvalue weighted by atomic mass is 35.5. The molecule has 8 heteroatoms. The number of methoxy groups -OCH3 is 1. The number of nitrogens with two attached hydrogens (primary N) is 1. The molecule has 2 rings (SSSR count). The largest absolute Gasteiger partial charge is 0.468 e. The number of hydrogen-bond acceptors (Lipinski definition) is 5. The molecule has 1 aromatic rings. The second-order valence-corrected chi connectivity index (χ2v) is 6.01. The van der Waals surface area contributed by atoms with Gasteiger partial charge in [-0.1, -0.05) is 19.3 Å². The van der Waals surface area contributed by atoms with Gasteiger partial charge in [0.05, 0.1) is 12.6 Å². The third kappa shape index (κ3) is 5.72. The first-order valence-corrected chi connectivity index (χ1v) is 8.00. The smallest absolute Gasteiger partial charge is 0.325 e. The molecule has 1 aliphatic carbocycles. The Hall–Kier alpha value is -2.12. The minimum absolute atomic E-state index is 0. The Morgan fingerprint density at radius 1 is 1.12 bits per heavy atom. The predicted molar refractivity (Wildman–Crippen MR) is 96.7 cm³/mol. The number of anilines is 1. The summed E-state index contributed by atoms with van der Waals surface area (Å²) in [4.78, 5) is 35.2. The van der Waals surface area contributed by atoms with Crippen molar-refractivity contribution in [2.75, 3.05) is 19.0 Å². The zero-order valence-electron chi connectivity index (χ0n) is 14.2. The molecule has 2 amide bonds. The number of carbonyl (C=O) groups is 3. The minimum Gasteiger partial charge on any atom is -0.468 e. The lowest BCUT2D eigenvalue weighted by atomic mass is 9.82. The average Bonchev–Trinajstić information content (AvgIpc) is 2.60. The highest BCUT2D eigenvalue weighted by molar-refractivity contribution is 5.99. The molecule has 0 aromatic heterocycles. The Kier molecular flexibility index (Phi) is 7.86. The van der Waals surface area contributed by atoms with Gasteiger partial charge >= 0.3 is 5.97 Å². The van der Waals surface area contributed by atoms with Gasteiger partial charge in [0.1, 0.15) is 6.54 Å². The van der Waals surface area contributed by atoms with E-state index in [1.807, 2.05) is 0 Å². The van der Waals surface area contributed by atoms with E-state index in [-0.39, 0.29) is 30.8 Å². The molecule has 0 aliphatic heterocycles. The zero-order valence-corrected chi connectivity index (χ0v) is 15.0. The van der Waals surface area contributed by atoms with E-state index in [9.17, 15) is 14.4 Å². The molecule has 0 radical (unpaired) electrons. The van der Waals surface area contributed by atoms with Gasteiger partial charge in [-0.3, -0.25) is 14.4 Å². The number of benzene rings is 1. The molecule has 1 aliphatic rings. The van der Waals surface area contributed by atoms with Crippen LogP contribution in [0, 0.1) is 0 Å². The first-order chi connectivity index (χ1) is 11.4. The van der Waals surface area contributed by atoms with Gasteiger partial charge in [0, 0.05) is 11.3 Å². The zero-order chi connectivity index (χ0) is 17.6. The SMILES string of the molecule is COC(=O)CNC(=O)c1ccc(NC(=O)C2(N)CCCCC2)cc1.Cl. The Bertz CT molecular complexity index is 613. The average molecular weight is 370 g/mol. The molecule has 1 saturated carbocycles. The molecule has 0 atom stereocenters. The van der Waals surface area contributed by atoms with E-state index in [1.165, 1.54) is 7.11 Å². The summed E-state index contributed by atoms with van der Waals surface area (Å²) >= 11 is 0. The third-order valence-electron chi connectivity index (χ3n) is 4.22. The summed E-state index contributed by atoms with van der Waals surface area (Å²) in [7, 11) is 1.25. The molecule has 25 heavy (non-hydrogen) atoms. The molecule has 0 heterocycles. The van der Waals surface area contributed by atoms with Crippen molar-refractivity contribution in [2.24, 2.45) is 5.73 Å². The van der Waals surface area contributed by atoms with Gasteiger partial charge in [-0.05, 0) is 37.1 Å². The molecule has 0 spiro atoms. The third-order valence-corrected chi connectivity index (χ3v) is 4.22. The molecule has 1 fully saturated rings. The van der Waals surface area contributed by atoms with Gasteiger partial charge in [0.25, 0.3) is 5.91 Å². The number of carbonyl (C=O) groups excluding carboxylic acids is 3. The minimum atomic E-state index is -0.811. The first-order valence-electron chi connectivity index (χ1n) is 8.00. The Morgan fingerprint density at radius 3 is 2.28 bits per heavy atom. The lowest BCUT2D eigenvalue weighted by molar-refractivity contribution is -0.139. The molecule has 0 saturated heterocycles. The van der Waals surface area contributed by atoms with E-state index in [1.54, 1.807) is 24.3 Å². The highest BCUT2D eigenvalue weighted by Gasteiger charge is 2.35. The topological polar surface area (TPSA) is 111 Å². The summed E-state index contributed by atoms with van der Waals surface area (Å²) in [6.45, 7) is -0.191. The molecule has 138 valence electrons. The van der Waals surface area contributed by atoms with Crippen molar-refractivity contribution in [2.45, 2.75) is 37.6 Å². The van der Waals surface area contributed by atoms with Crippen LogP contribution in [0.3, 0.4) is 0 Å². The van der Waals surface area contributed by atoms with Crippen LogP contribution in [0.5, 0.6) is 0 Å². The molecular weight excluding hydrogens is 346 g/mol. The molecular formula is C17H24ClN3O4. The summed E-state index contributed by atoms with van der Waals surface area (Å²) in [5.74, 6) is -1.10. The van der Waals surface area contributed by atoms with Crippen molar-refractivity contribution < 1.29 is 19.1 Å². The fraction of sp³-hybridized carbons (Fsp3) is 0.471. The number of halogens is 1. The van der Waals surface area contributed by atoms with Gasteiger partial charge < -0.3 is 21.1 Å². The summed E-state index contributed by atoms with van der Waals surface area (Å²) in [5.41, 5.74) is 6.35. The van der Waals surface area contributed by atoms with Gasteiger partial charge in [0.2, 0.25) is 5.91 Å². The number of hydrogen-bond donors (Lipinski definition) is 3. The molecule has 4 N–H and O–H groups in total. The van der Waals surface area contributed by atoms with Crippen molar-refractivity contribution in [3.05, 3.63) is 29.8 Å². The monoisotopic (exact) mass is 369 g/mol. The summed E-state index contributed by atoms with van der Waals surface area (Å²) in [5, 5.41) is 5.25. The predicted octanol–water partition coefficient (Wildman–Crippen LogP) is 1.61. The summed E-state index contributed by atoms with van der Waals surface area (Å²) in [6.07, 6.45) is 4.41. The van der Waals surface area contributed by atoms with Crippen LogP contribution in [0.15, 0.2) is 24.3 Å². The number of esters is 1. The normalized spacial score (nSPS) is 15.4. The van der Waals surface area contributed by atoms with Crippen molar-refractivity contribution in [1.82, 2.24) is 5.32 Å². The van der Waals surface area contributed by atoms with Crippen molar-refractivity contribution in [1.29, 1.82) is 0 Å². The van der Waals surface area contributed by atoms with Crippen LogP contribution in [0.2, 0.25) is 0 Å². The van der Waals surface area contributed by atoms with Gasteiger partial charge in [-0.25, -0.2) is 0 Å². The fourth-order valence-electron chi connectivity index (χ4n) is 2.70. The number of nitrogens with one attached hydrogen (secondary N) is 2. The van der Waals surface area contributed by atoms with Crippen molar-refractivity contribution in [3.63, 3.8) is 0 Å². The maximum absolute atomic E-state index is 12.4. The molecule has 1 aromatic carbocycles.